The Morgan fingerprint density at radius 3 is 2.55 bits per heavy atom. The van der Waals surface area contributed by atoms with Gasteiger partial charge in [0.25, 0.3) is 0 Å². The van der Waals surface area contributed by atoms with E-state index in [1.807, 2.05) is 0 Å². The van der Waals surface area contributed by atoms with Crippen molar-refractivity contribution in [1.29, 1.82) is 0 Å². The molecule has 0 saturated carbocycles. The third-order valence-electron chi connectivity index (χ3n) is 3.25. The zero-order chi connectivity index (χ0) is 14.8. The lowest BCUT2D eigenvalue weighted by molar-refractivity contribution is -0.387. The number of rotatable bonds is 10. The summed E-state index contributed by atoms with van der Waals surface area (Å²) in [4.78, 5) is 9.78. The van der Waals surface area contributed by atoms with E-state index in [0.29, 0.717) is 6.54 Å². The highest BCUT2D eigenvalue weighted by atomic mass is 19.1. The molecule has 0 aliphatic rings. The molecule has 0 atom stereocenters. The van der Waals surface area contributed by atoms with Crippen molar-refractivity contribution in [3.8, 4) is 0 Å². The van der Waals surface area contributed by atoms with E-state index in [0.717, 1.165) is 18.5 Å². The number of benzene rings is 1. The summed E-state index contributed by atoms with van der Waals surface area (Å²) in [5.41, 5.74) is 0.267. The third kappa shape index (κ3) is 6.10. The highest BCUT2D eigenvalue weighted by Gasteiger charge is 2.13. The summed E-state index contributed by atoms with van der Waals surface area (Å²) in [5, 5.41) is 13.7. The van der Waals surface area contributed by atoms with Crippen LogP contribution >= 0.6 is 0 Å². The maximum absolute atomic E-state index is 13.4. The molecule has 0 radical (unpaired) electrons. The molecule has 4 nitrogen and oxygen atoms in total. The van der Waals surface area contributed by atoms with E-state index in [9.17, 15) is 14.5 Å². The molecule has 112 valence electrons. The molecule has 1 N–H and O–H groups in total. The maximum atomic E-state index is 13.4. The molecular formula is C15H23FN2O2. The number of hydrogen-bond acceptors (Lipinski definition) is 3. The molecule has 0 amide bonds. The second-order valence-electron chi connectivity index (χ2n) is 4.99. The SMILES string of the molecule is CCCCCCCCNCc1ccc([N+](=O)[O-])c(F)c1. The summed E-state index contributed by atoms with van der Waals surface area (Å²) in [7, 11) is 0. The van der Waals surface area contributed by atoms with Crippen LogP contribution in [0.3, 0.4) is 0 Å². The smallest absolute Gasteiger partial charge is 0.304 e. The van der Waals surface area contributed by atoms with E-state index in [1.165, 1.54) is 44.2 Å². The van der Waals surface area contributed by atoms with Crippen LogP contribution in [0.2, 0.25) is 0 Å². The Morgan fingerprint density at radius 1 is 1.20 bits per heavy atom. The average molecular weight is 282 g/mol. The maximum Gasteiger partial charge on any atom is 0.304 e. The van der Waals surface area contributed by atoms with Gasteiger partial charge in [0.05, 0.1) is 4.92 Å². The molecule has 0 aliphatic heterocycles. The van der Waals surface area contributed by atoms with Gasteiger partial charge >= 0.3 is 5.69 Å². The molecule has 0 spiro atoms. The molecule has 0 unspecified atom stereocenters. The number of nitro groups is 1. The standard InChI is InChI=1S/C15H23FN2O2/c1-2-3-4-5-6-7-10-17-12-13-8-9-15(18(19)20)14(16)11-13/h8-9,11,17H,2-7,10,12H2,1H3. The van der Waals surface area contributed by atoms with Crippen LogP contribution in [-0.4, -0.2) is 11.5 Å². The number of nitrogens with one attached hydrogen (secondary N) is 1. The Labute approximate surface area is 119 Å². The summed E-state index contributed by atoms with van der Waals surface area (Å²) >= 11 is 0. The van der Waals surface area contributed by atoms with Gasteiger partial charge in [0.15, 0.2) is 0 Å². The molecule has 0 aliphatic carbocycles. The number of hydrogen-bond donors (Lipinski definition) is 1. The Kier molecular flexibility index (Phi) is 7.80. The van der Waals surface area contributed by atoms with E-state index in [2.05, 4.69) is 12.2 Å². The minimum Gasteiger partial charge on any atom is -0.313 e. The lowest BCUT2D eigenvalue weighted by Crippen LogP contribution is -2.14. The van der Waals surface area contributed by atoms with Crippen molar-refractivity contribution in [1.82, 2.24) is 5.32 Å². The highest BCUT2D eigenvalue weighted by Crippen LogP contribution is 2.17. The van der Waals surface area contributed by atoms with Crippen LogP contribution in [0, 0.1) is 15.9 Å². The summed E-state index contributed by atoms with van der Waals surface area (Å²) in [5.74, 6) is -0.770. The lowest BCUT2D eigenvalue weighted by Gasteiger charge is -2.05. The van der Waals surface area contributed by atoms with E-state index in [-0.39, 0.29) is 0 Å². The third-order valence-corrected chi connectivity index (χ3v) is 3.25. The average Bonchev–Trinajstić information content (AvgIpc) is 2.41. The van der Waals surface area contributed by atoms with Crippen molar-refractivity contribution >= 4 is 5.69 Å². The van der Waals surface area contributed by atoms with Crippen molar-refractivity contribution in [2.24, 2.45) is 0 Å². The molecule has 0 fully saturated rings. The first-order chi connectivity index (χ1) is 9.65. The van der Waals surface area contributed by atoms with Gasteiger partial charge < -0.3 is 5.32 Å². The Balaban J connectivity index is 2.19. The summed E-state index contributed by atoms with van der Waals surface area (Å²) in [6, 6.07) is 4.04. The van der Waals surface area contributed by atoms with Crippen LogP contribution in [0.5, 0.6) is 0 Å². The molecule has 5 heteroatoms. The van der Waals surface area contributed by atoms with Gasteiger partial charge in [-0.25, -0.2) is 0 Å². The number of halogens is 1. The normalized spacial score (nSPS) is 10.7. The molecule has 0 heterocycles. The second kappa shape index (κ2) is 9.42. The number of nitro benzene ring substituents is 1. The van der Waals surface area contributed by atoms with Crippen molar-refractivity contribution in [3.63, 3.8) is 0 Å². The number of nitrogens with zero attached hydrogens (tertiary/aromatic N) is 1. The zero-order valence-corrected chi connectivity index (χ0v) is 12.0. The van der Waals surface area contributed by atoms with Gasteiger partial charge in [-0.05, 0) is 24.6 Å². The fourth-order valence-electron chi connectivity index (χ4n) is 2.07. The van der Waals surface area contributed by atoms with E-state index in [4.69, 9.17) is 0 Å². The van der Waals surface area contributed by atoms with Crippen LogP contribution in [-0.2, 0) is 6.54 Å². The van der Waals surface area contributed by atoms with Crippen LogP contribution in [0.15, 0.2) is 18.2 Å². The Hall–Kier alpha value is -1.49. The molecule has 0 aromatic heterocycles. The fraction of sp³-hybridized carbons (Fsp3) is 0.600. The minimum atomic E-state index is -0.770. The summed E-state index contributed by atoms with van der Waals surface area (Å²) in [6.45, 7) is 3.64. The van der Waals surface area contributed by atoms with Crippen LogP contribution in [0.25, 0.3) is 0 Å². The van der Waals surface area contributed by atoms with Crippen LogP contribution in [0.4, 0.5) is 10.1 Å². The van der Waals surface area contributed by atoms with E-state index in [1.54, 1.807) is 6.07 Å². The molecule has 0 saturated heterocycles. The van der Waals surface area contributed by atoms with Gasteiger partial charge in [0, 0.05) is 12.6 Å². The Bertz CT molecular complexity index is 424. The predicted octanol–water partition coefficient (Wildman–Crippen LogP) is 4.18. The van der Waals surface area contributed by atoms with E-state index >= 15 is 0 Å². The predicted molar refractivity (Wildman–Crippen MR) is 78.1 cm³/mol. The molecule has 20 heavy (non-hydrogen) atoms. The van der Waals surface area contributed by atoms with Gasteiger partial charge in [-0.1, -0.05) is 45.1 Å². The fourth-order valence-corrected chi connectivity index (χ4v) is 2.07. The quantitative estimate of drug-likeness (QED) is 0.398. The van der Waals surface area contributed by atoms with Crippen molar-refractivity contribution in [3.05, 3.63) is 39.7 Å². The van der Waals surface area contributed by atoms with Gasteiger partial charge in [-0.3, -0.25) is 10.1 Å². The first kappa shape index (κ1) is 16.6. The molecule has 1 aromatic rings. The first-order valence-corrected chi connectivity index (χ1v) is 7.28. The lowest BCUT2D eigenvalue weighted by atomic mass is 10.1. The molecule has 0 bridgehead atoms. The Morgan fingerprint density at radius 2 is 1.90 bits per heavy atom. The molecule has 1 rings (SSSR count). The topological polar surface area (TPSA) is 55.2 Å². The largest absolute Gasteiger partial charge is 0.313 e. The number of unbranched alkanes of at least 4 members (excludes halogenated alkanes) is 5. The molecule has 1 aromatic carbocycles. The highest BCUT2D eigenvalue weighted by molar-refractivity contribution is 5.34. The van der Waals surface area contributed by atoms with Gasteiger partial charge in [0.2, 0.25) is 5.82 Å². The van der Waals surface area contributed by atoms with Gasteiger partial charge in [-0.15, -0.1) is 0 Å². The molecular weight excluding hydrogens is 259 g/mol. The van der Waals surface area contributed by atoms with Crippen molar-refractivity contribution in [2.45, 2.75) is 52.0 Å². The van der Waals surface area contributed by atoms with Crippen LogP contribution < -0.4 is 5.32 Å². The second-order valence-corrected chi connectivity index (χ2v) is 4.99. The van der Waals surface area contributed by atoms with Crippen molar-refractivity contribution in [2.75, 3.05) is 6.54 Å². The summed E-state index contributed by atoms with van der Waals surface area (Å²) in [6.07, 6.45) is 7.44. The van der Waals surface area contributed by atoms with Crippen LogP contribution in [0.1, 0.15) is 51.0 Å². The van der Waals surface area contributed by atoms with E-state index < -0.39 is 16.4 Å². The van der Waals surface area contributed by atoms with Crippen molar-refractivity contribution < 1.29 is 9.31 Å². The minimum absolute atomic E-state index is 0.468. The zero-order valence-electron chi connectivity index (χ0n) is 12.0. The van der Waals surface area contributed by atoms with Gasteiger partial charge in [0.1, 0.15) is 0 Å². The van der Waals surface area contributed by atoms with Gasteiger partial charge in [-0.2, -0.15) is 4.39 Å². The monoisotopic (exact) mass is 282 g/mol. The summed E-state index contributed by atoms with van der Waals surface area (Å²) < 4.78 is 13.4. The first-order valence-electron chi connectivity index (χ1n) is 7.28.